The smallest absolute Gasteiger partial charge is 0.408 e. The zero-order valence-electron chi connectivity index (χ0n) is 11.2. The van der Waals surface area contributed by atoms with Crippen LogP contribution in [0.5, 0.6) is 0 Å². The Bertz CT molecular complexity index is 661. The summed E-state index contributed by atoms with van der Waals surface area (Å²) < 4.78 is 4.96. The van der Waals surface area contributed by atoms with Crippen LogP contribution in [0, 0.1) is 5.92 Å². The Balaban J connectivity index is 1.73. The van der Waals surface area contributed by atoms with Crippen molar-refractivity contribution >= 4 is 22.5 Å². The predicted molar refractivity (Wildman–Crippen MR) is 77.7 cm³/mol. The third-order valence-corrected chi connectivity index (χ3v) is 3.93. The number of H-pyrrole nitrogens is 1. The maximum atomic E-state index is 11.1. The number of nitrogens with two attached hydrogens (primary N) is 1. The SMILES string of the molecule is Nc1cc2oc(=O)[nH]c2cc1NCC1CCCC(O)C1. The molecule has 0 aliphatic heterocycles. The topological polar surface area (TPSA) is 104 Å². The summed E-state index contributed by atoms with van der Waals surface area (Å²) in [5.74, 6) is -0.0239. The molecule has 1 aliphatic rings. The molecule has 108 valence electrons. The van der Waals surface area contributed by atoms with Crippen molar-refractivity contribution in [1.29, 1.82) is 0 Å². The van der Waals surface area contributed by atoms with Crippen LogP contribution >= 0.6 is 0 Å². The van der Waals surface area contributed by atoms with Gasteiger partial charge in [0.15, 0.2) is 5.58 Å². The van der Waals surface area contributed by atoms with Crippen molar-refractivity contribution in [2.75, 3.05) is 17.6 Å². The molecule has 1 fully saturated rings. The van der Waals surface area contributed by atoms with Gasteiger partial charge in [0.1, 0.15) is 0 Å². The fourth-order valence-electron chi connectivity index (χ4n) is 2.87. The molecule has 2 unspecified atom stereocenters. The van der Waals surface area contributed by atoms with Crippen molar-refractivity contribution in [1.82, 2.24) is 4.98 Å². The molecule has 6 nitrogen and oxygen atoms in total. The Morgan fingerprint density at radius 2 is 2.30 bits per heavy atom. The molecule has 1 aromatic carbocycles. The lowest BCUT2D eigenvalue weighted by Gasteiger charge is -2.26. The molecule has 0 amide bonds. The van der Waals surface area contributed by atoms with Crippen LogP contribution in [-0.2, 0) is 0 Å². The van der Waals surface area contributed by atoms with Gasteiger partial charge < -0.3 is 20.6 Å². The number of aromatic amines is 1. The number of nitrogen functional groups attached to an aromatic ring is 1. The largest absolute Gasteiger partial charge is 0.417 e. The average Bonchev–Trinajstić information content (AvgIpc) is 2.75. The second-order valence-electron chi connectivity index (χ2n) is 5.52. The van der Waals surface area contributed by atoms with Crippen molar-refractivity contribution in [3.63, 3.8) is 0 Å². The molecule has 1 aliphatic carbocycles. The molecule has 1 aromatic heterocycles. The predicted octanol–water partition coefficient (Wildman–Crippen LogP) is 1.67. The van der Waals surface area contributed by atoms with Crippen molar-refractivity contribution in [3.05, 3.63) is 22.7 Å². The summed E-state index contributed by atoms with van der Waals surface area (Å²) in [6.07, 6.45) is 3.74. The van der Waals surface area contributed by atoms with Crippen LogP contribution < -0.4 is 16.8 Å². The van der Waals surface area contributed by atoms with Crippen molar-refractivity contribution in [2.45, 2.75) is 31.8 Å². The Kier molecular flexibility index (Phi) is 3.40. The number of nitrogens with one attached hydrogen (secondary N) is 2. The van der Waals surface area contributed by atoms with E-state index in [1.165, 1.54) is 0 Å². The lowest BCUT2D eigenvalue weighted by atomic mass is 9.87. The van der Waals surface area contributed by atoms with Crippen LogP contribution in [0.3, 0.4) is 0 Å². The van der Waals surface area contributed by atoms with Gasteiger partial charge in [0.2, 0.25) is 0 Å². The van der Waals surface area contributed by atoms with Gasteiger partial charge in [-0.25, -0.2) is 4.79 Å². The Hall–Kier alpha value is -1.95. The van der Waals surface area contributed by atoms with Crippen LogP contribution in [0.25, 0.3) is 11.1 Å². The van der Waals surface area contributed by atoms with E-state index in [2.05, 4.69) is 10.3 Å². The first-order chi connectivity index (χ1) is 9.61. The molecule has 0 saturated heterocycles. The van der Waals surface area contributed by atoms with E-state index < -0.39 is 5.76 Å². The zero-order valence-corrected chi connectivity index (χ0v) is 11.2. The summed E-state index contributed by atoms with van der Waals surface area (Å²) in [5.41, 5.74) is 8.39. The summed E-state index contributed by atoms with van der Waals surface area (Å²) in [6.45, 7) is 0.773. The number of hydrogen-bond acceptors (Lipinski definition) is 5. The fraction of sp³-hybridized carbons (Fsp3) is 0.500. The van der Waals surface area contributed by atoms with Gasteiger partial charge in [0, 0.05) is 12.6 Å². The lowest BCUT2D eigenvalue weighted by Crippen LogP contribution is -2.25. The summed E-state index contributed by atoms with van der Waals surface area (Å²) in [7, 11) is 0. The highest BCUT2D eigenvalue weighted by Crippen LogP contribution is 2.27. The van der Waals surface area contributed by atoms with Gasteiger partial charge >= 0.3 is 5.76 Å². The molecule has 20 heavy (non-hydrogen) atoms. The van der Waals surface area contributed by atoms with E-state index in [4.69, 9.17) is 10.2 Å². The number of anilines is 2. The van der Waals surface area contributed by atoms with Crippen molar-refractivity contribution in [3.8, 4) is 0 Å². The molecule has 5 N–H and O–H groups in total. The summed E-state index contributed by atoms with van der Waals surface area (Å²) in [6, 6.07) is 3.43. The van der Waals surface area contributed by atoms with Gasteiger partial charge in [-0.2, -0.15) is 0 Å². The molecule has 0 radical (unpaired) electrons. The minimum atomic E-state index is -0.480. The summed E-state index contributed by atoms with van der Waals surface area (Å²) in [4.78, 5) is 13.8. The number of fused-ring (bicyclic) bond motifs is 1. The number of oxazole rings is 1. The molecule has 2 atom stereocenters. The highest BCUT2D eigenvalue weighted by Gasteiger charge is 2.20. The first kappa shape index (κ1) is 13.1. The van der Waals surface area contributed by atoms with E-state index >= 15 is 0 Å². The minimum absolute atomic E-state index is 0.180. The number of aliphatic hydroxyl groups excluding tert-OH is 1. The number of rotatable bonds is 3. The first-order valence-electron chi connectivity index (χ1n) is 6.96. The highest BCUT2D eigenvalue weighted by atomic mass is 16.4. The Labute approximate surface area is 116 Å². The van der Waals surface area contributed by atoms with E-state index in [1.54, 1.807) is 12.1 Å². The summed E-state index contributed by atoms with van der Waals surface area (Å²) >= 11 is 0. The van der Waals surface area contributed by atoms with E-state index in [1.807, 2.05) is 0 Å². The van der Waals surface area contributed by atoms with Gasteiger partial charge in [0.05, 0.1) is 23.0 Å². The maximum absolute atomic E-state index is 11.1. The molecule has 2 aromatic rings. The van der Waals surface area contributed by atoms with E-state index in [-0.39, 0.29) is 6.10 Å². The van der Waals surface area contributed by atoms with Crippen molar-refractivity contribution in [2.24, 2.45) is 5.92 Å². The molecule has 1 heterocycles. The van der Waals surface area contributed by atoms with Crippen LogP contribution in [0.15, 0.2) is 21.3 Å². The second-order valence-corrected chi connectivity index (χ2v) is 5.52. The Morgan fingerprint density at radius 3 is 3.10 bits per heavy atom. The molecule has 1 saturated carbocycles. The van der Waals surface area contributed by atoms with Crippen LogP contribution in [0.2, 0.25) is 0 Å². The first-order valence-corrected chi connectivity index (χ1v) is 6.96. The monoisotopic (exact) mass is 277 g/mol. The van der Waals surface area contributed by atoms with Gasteiger partial charge in [-0.05, 0) is 31.2 Å². The van der Waals surface area contributed by atoms with Crippen LogP contribution in [0.1, 0.15) is 25.7 Å². The van der Waals surface area contributed by atoms with Crippen LogP contribution in [-0.4, -0.2) is 22.7 Å². The van der Waals surface area contributed by atoms with E-state index in [9.17, 15) is 9.90 Å². The Morgan fingerprint density at radius 1 is 1.45 bits per heavy atom. The minimum Gasteiger partial charge on any atom is -0.408 e. The number of hydrogen-bond donors (Lipinski definition) is 4. The molecule has 0 spiro atoms. The fourth-order valence-corrected chi connectivity index (χ4v) is 2.87. The van der Waals surface area contributed by atoms with Gasteiger partial charge in [-0.1, -0.05) is 6.42 Å². The zero-order chi connectivity index (χ0) is 14.1. The van der Waals surface area contributed by atoms with Gasteiger partial charge in [-0.3, -0.25) is 4.98 Å². The molecule has 3 rings (SSSR count). The van der Waals surface area contributed by atoms with E-state index in [0.29, 0.717) is 22.7 Å². The maximum Gasteiger partial charge on any atom is 0.417 e. The number of aromatic nitrogens is 1. The third kappa shape index (κ3) is 2.65. The summed E-state index contributed by atoms with van der Waals surface area (Å²) in [5, 5.41) is 13.0. The van der Waals surface area contributed by atoms with Crippen LogP contribution in [0.4, 0.5) is 11.4 Å². The highest BCUT2D eigenvalue weighted by molar-refractivity contribution is 5.85. The molecule has 6 heteroatoms. The van der Waals surface area contributed by atoms with Gasteiger partial charge in [-0.15, -0.1) is 0 Å². The molecule has 0 bridgehead atoms. The lowest BCUT2D eigenvalue weighted by molar-refractivity contribution is 0.105. The standard InChI is InChI=1S/C14H19N3O3/c15-10-5-13-12(17-14(19)20-13)6-11(10)16-7-8-2-1-3-9(18)4-8/h5-6,8-9,16,18H,1-4,7,15H2,(H,17,19). The number of aliphatic hydroxyl groups is 1. The normalized spacial score (nSPS) is 23.1. The second kappa shape index (κ2) is 5.20. The van der Waals surface area contributed by atoms with Crippen molar-refractivity contribution < 1.29 is 9.52 Å². The van der Waals surface area contributed by atoms with Gasteiger partial charge in [0.25, 0.3) is 0 Å². The molecular weight excluding hydrogens is 258 g/mol. The third-order valence-electron chi connectivity index (χ3n) is 3.93. The number of benzene rings is 1. The molecular formula is C14H19N3O3. The average molecular weight is 277 g/mol. The quantitative estimate of drug-likeness (QED) is 0.639. The van der Waals surface area contributed by atoms with E-state index in [0.717, 1.165) is 37.9 Å².